The van der Waals surface area contributed by atoms with Crippen molar-refractivity contribution in [2.45, 2.75) is 20.3 Å². The Labute approximate surface area is 90.1 Å². The van der Waals surface area contributed by atoms with Crippen LogP contribution >= 0.6 is 0 Å². The third-order valence-corrected chi connectivity index (χ3v) is 2.17. The molecule has 0 aromatic carbocycles. The normalized spacial score (nSPS) is 10.0. The molecule has 0 unspecified atom stereocenters. The number of pyridine rings is 1. The van der Waals surface area contributed by atoms with Gasteiger partial charge in [0.1, 0.15) is 5.69 Å². The topological polar surface area (TPSA) is 59.2 Å². The molecule has 1 aromatic heterocycles. The maximum atomic E-state index is 11.9. The third-order valence-electron chi connectivity index (χ3n) is 2.17. The number of hydrogen-bond donors (Lipinski definition) is 1. The minimum absolute atomic E-state index is 0.0494. The van der Waals surface area contributed by atoms with Crippen LogP contribution in [0.1, 0.15) is 30.8 Å². The van der Waals surface area contributed by atoms with Crippen LogP contribution in [0.15, 0.2) is 18.3 Å². The van der Waals surface area contributed by atoms with Crippen LogP contribution in [0.5, 0.6) is 0 Å². The summed E-state index contributed by atoms with van der Waals surface area (Å²) in [5.41, 5.74) is 6.59. The lowest BCUT2D eigenvalue weighted by atomic mass is 10.2. The highest BCUT2D eigenvalue weighted by molar-refractivity contribution is 5.93. The smallest absolute Gasteiger partial charge is 0.272 e. The maximum Gasteiger partial charge on any atom is 0.272 e. The van der Waals surface area contributed by atoms with E-state index in [1.54, 1.807) is 23.2 Å². The van der Waals surface area contributed by atoms with Gasteiger partial charge in [0, 0.05) is 25.0 Å². The standard InChI is InChI=1S/C11H17N3O/c1-3-7-14(4-2)11(15)10-8-9(12)5-6-13-10/h5-6,8H,3-4,7H2,1-2H3,(H2,12,13). The number of aromatic nitrogens is 1. The molecular formula is C11H17N3O. The zero-order valence-electron chi connectivity index (χ0n) is 9.23. The first-order valence-electron chi connectivity index (χ1n) is 5.19. The number of carbonyl (C=O) groups excluding carboxylic acids is 1. The zero-order chi connectivity index (χ0) is 11.3. The highest BCUT2D eigenvalue weighted by Crippen LogP contribution is 2.06. The summed E-state index contributed by atoms with van der Waals surface area (Å²) >= 11 is 0. The van der Waals surface area contributed by atoms with Crippen molar-refractivity contribution in [2.24, 2.45) is 0 Å². The second kappa shape index (κ2) is 5.34. The summed E-state index contributed by atoms with van der Waals surface area (Å²) in [6, 6.07) is 3.29. The largest absolute Gasteiger partial charge is 0.399 e. The summed E-state index contributed by atoms with van der Waals surface area (Å²) in [4.78, 5) is 17.7. The van der Waals surface area contributed by atoms with Gasteiger partial charge in [-0.3, -0.25) is 9.78 Å². The van der Waals surface area contributed by atoms with E-state index in [9.17, 15) is 4.79 Å². The van der Waals surface area contributed by atoms with Gasteiger partial charge in [-0.2, -0.15) is 0 Å². The van der Waals surface area contributed by atoms with Crippen LogP contribution < -0.4 is 5.73 Å². The van der Waals surface area contributed by atoms with Crippen LogP contribution in [-0.4, -0.2) is 28.9 Å². The predicted molar refractivity (Wildman–Crippen MR) is 60.5 cm³/mol. The van der Waals surface area contributed by atoms with E-state index in [2.05, 4.69) is 4.98 Å². The van der Waals surface area contributed by atoms with Crippen LogP contribution in [0, 0.1) is 0 Å². The minimum Gasteiger partial charge on any atom is -0.399 e. The second-order valence-corrected chi connectivity index (χ2v) is 3.36. The van der Waals surface area contributed by atoms with E-state index < -0.39 is 0 Å². The molecule has 0 radical (unpaired) electrons. The van der Waals surface area contributed by atoms with E-state index in [1.807, 2.05) is 13.8 Å². The Bertz CT molecular complexity index is 338. The molecule has 4 nitrogen and oxygen atoms in total. The number of nitrogen functional groups attached to an aromatic ring is 1. The van der Waals surface area contributed by atoms with Gasteiger partial charge in [0.25, 0.3) is 5.91 Å². The number of nitrogens with zero attached hydrogens (tertiary/aromatic N) is 2. The Morgan fingerprint density at radius 3 is 2.80 bits per heavy atom. The third kappa shape index (κ3) is 2.94. The summed E-state index contributed by atoms with van der Waals surface area (Å²) in [5.74, 6) is -0.0494. The molecule has 0 atom stereocenters. The summed E-state index contributed by atoms with van der Waals surface area (Å²) in [5, 5.41) is 0. The molecule has 0 saturated carbocycles. The zero-order valence-corrected chi connectivity index (χ0v) is 9.23. The fourth-order valence-electron chi connectivity index (χ4n) is 1.40. The average Bonchev–Trinajstić information content (AvgIpc) is 2.25. The van der Waals surface area contributed by atoms with Crippen molar-refractivity contribution in [1.29, 1.82) is 0 Å². The SMILES string of the molecule is CCCN(CC)C(=O)c1cc(N)ccn1. The molecule has 1 rings (SSSR count). The molecular weight excluding hydrogens is 190 g/mol. The van der Waals surface area contributed by atoms with Crippen molar-refractivity contribution in [3.8, 4) is 0 Å². The number of nitrogens with two attached hydrogens (primary N) is 1. The Kier molecular flexibility index (Phi) is 4.09. The molecule has 0 saturated heterocycles. The van der Waals surface area contributed by atoms with E-state index in [-0.39, 0.29) is 5.91 Å². The number of hydrogen-bond acceptors (Lipinski definition) is 3. The Balaban J connectivity index is 2.82. The first kappa shape index (κ1) is 11.5. The van der Waals surface area contributed by atoms with Gasteiger partial charge in [0.05, 0.1) is 0 Å². The summed E-state index contributed by atoms with van der Waals surface area (Å²) < 4.78 is 0. The second-order valence-electron chi connectivity index (χ2n) is 3.36. The predicted octanol–water partition coefficient (Wildman–Crippen LogP) is 1.54. The lowest BCUT2D eigenvalue weighted by Gasteiger charge is -2.19. The number of anilines is 1. The van der Waals surface area contributed by atoms with Gasteiger partial charge < -0.3 is 10.6 Å². The van der Waals surface area contributed by atoms with Gasteiger partial charge in [-0.05, 0) is 25.5 Å². The molecule has 0 aliphatic heterocycles. The van der Waals surface area contributed by atoms with Crippen LogP contribution in [0.3, 0.4) is 0 Å². The molecule has 1 aromatic rings. The number of rotatable bonds is 4. The number of carbonyl (C=O) groups is 1. The van der Waals surface area contributed by atoms with Crippen LogP contribution in [0.25, 0.3) is 0 Å². The molecule has 82 valence electrons. The molecule has 0 fully saturated rings. The van der Waals surface area contributed by atoms with Crippen LogP contribution in [0.4, 0.5) is 5.69 Å². The minimum atomic E-state index is -0.0494. The van der Waals surface area contributed by atoms with Gasteiger partial charge >= 0.3 is 0 Å². The number of amides is 1. The van der Waals surface area contributed by atoms with Gasteiger partial charge in [-0.15, -0.1) is 0 Å². The average molecular weight is 207 g/mol. The molecule has 4 heteroatoms. The summed E-state index contributed by atoms with van der Waals surface area (Å²) in [7, 11) is 0. The van der Waals surface area contributed by atoms with Crippen LogP contribution in [0.2, 0.25) is 0 Å². The monoisotopic (exact) mass is 207 g/mol. The molecule has 2 N–H and O–H groups in total. The van der Waals surface area contributed by atoms with Crippen molar-refractivity contribution in [2.75, 3.05) is 18.8 Å². The lowest BCUT2D eigenvalue weighted by Crippen LogP contribution is -2.32. The molecule has 0 aliphatic carbocycles. The fraction of sp³-hybridized carbons (Fsp3) is 0.455. The van der Waals surface area contributed by atoms with Gasteiger partial charge in [0.2, 0.25) is 0 Å². The van der Waals surface area contributed by atoms with Crippen LogP contribution in [-0.2, 0) is 0 Å². The first-order chi connectivity index (χ1) is 7.19. The van der Waals surface area contributed by atoms with Crippen molar-refractivity contribution < 1.29 is 4.79 Å². The molecule has 0 spiro atoms. The highest BCUT2D eigenvalue weighted by Gasteiger charge is 2.14. The van der Waals surface area contributed by atoms with E-state index in [1.165, 1.54) is 0 Å². The van der Waals surface area contributed by atoms with Gasteiger partial charge in [-0.25, -0.2) is 0 Å². The highest BCUT2D eigenvalue weighted by atomic mass is 16.2. The van der Waals surface area contributed by atoms with Gasteiger partial charge in [-0.1, -0.05) is 6.92 Å². The maximum absolute atomic E-state index is 11.9. The van der Waals surface area contributed by atoms with E-state index in [0.29, 0.717) is 17.9 Å². The molecule has 15 heavy (non-hydrogen) atoms. The van der Waals surface area contributed by atoms with E-state index in [0.717, 1.165) is 13.0 Å². The summed E-state index contributed by atoms with van der Waals surface area (Å²) in [6.45, 7) is 5.46. The summed E-state index contributed by atoms with van der Waals surface area (Å²) in [6.07, 6.45) is 2.50. The first-order valence-corrected chi connectivity index (χ1v) is 5.19. The molecule has 1 amide bonds. The fourth-order valence-corrected chi connectivity index (χ4v) is 1.40. The van der Waals surface area contributed by atoms with E-state index in [4.69, 9.17) is 5.73 Å². The molecule has 0 bridgehead atoms. The van der Waals surface area contributed by atoms with E-state index >= 15 is 0 Å². The van der Waals surface area contributed by atoms with Crippen molar-refractivity contribution in [3.05, 3.63) is 24.0 Å². The van der Waals surface area contributed by atoms with Gasteiger partial charge in [0.15, 0.2) is 0 Å². The van der Waals surface area contributed by atoms with Crippen molar-refractivity contribution in [3.63, 3.8) is 0 Å². The molecule has 1 heterocycles. The lowest BCUT2D eigenvalue weighted by molar-refractivity contribution is 0.0758. The quantitative estimate of drug-likeness (QED) is 0.814. The van der Waals surface area contributed by atoms with Crippen molar-refractivity contribution in [1.82, 2.24) is 9.88 Å². The van der Waals surface area contributed by atoms with Crippen molar-refractivity contribution >= 4 is 11.6 Å². The Morgan fingerprint density at radius 2 is 2.27 bits per heavy atom. The Morgan fingerprint density at radius 1 is 1.53 bits per heavy atom. The Hall–Kier alpha value is -1.58. The molecule has 0 aliphatic rings.